The SMILES string of the molecule is Cc1cc(C(=O)N2CCC[C@]3(C[C@H](OCC4CC4)CN(Cc4cccc(Cl)c4)C3=O)C2)on1. The number of benzene rings is 1. The minimum absolute atomic E-state index is 0.0370. The first-order chi connectivity index (χ1) is 15.9. The summed E-state index contributed by atoms with van der Waals surface area (Å²) in [5.41, 5.74) is 1.02. The van der Waals surface area contributed by atoms with Crippen LogP contribution in [0.1, 0.15) is 53.9 Å². The van der Waals surface area contributed by atoms with Gasteiger partial charge in [0.25, 0.3) is 5.91 Å². The molecule has 3 heterocycles. The Morgan fingerprint density at radius 2 is 2.18 bits per heavy atom. The summed E-state index contributed by atoms with van der Waals surface area (Å²) in [6, 6.07) is 9.28. The molecule has 1 aliphatic carbocycles. The van der Waals surface area contributed by atoms with Gasteiger partial charge in [-0.3, -0.25) is 9.59 Å². The molecule has 1 aromatic heterocycles. The van der Waals surface area contributed by atoms with Crippen LogP contribution in [0, 0.1) is 18.3 Å². The summed E-state index contributed by atoms with van der Waals surface area (Å²) in [5.74, 6) is 0.772. The largest absolute Gasteiger partial charge is 0.376 e. The van der Waals surface area contributed by atoms with E-state index in [4.69, 9.17) is 20.9 Å². The van der Waals surface area contributed by atoms with Gasteiger partial charge in [-0.2, -0.15) is 0 Å². The summed E-state index contributed by atoms with van der Waals surface area (Å²) in [5, 5.41) is 4.51. The molecule has 0 N–H and O–H groups in total. The highest BCUT2D eigenvalue weighted by Gasteiger charge is 2.51. The van der Waals surface area contributed by atoms with Crippen molar-refractivity contribution in [3.05, 3.63) is 52.4 Å². The van der Waals surface area contributed by atoms with Crippen LogP contribution in [0.3, 0.4) is 0 Å². The summed E-state index contributed by atoms with van der Waals surface area (Å²) in [4.78, 5) is 30.6. The number of ether oxygens (including phenoxy) is 1. The van der Waals surface area contributed by atoms with Gasteiger partial charge in [-0.05, 0) is 62.6 Å². The second-order valence-electron chi connectivity index (χ2n) is 9.86. The molecule has 176 valence electrons. The molecular weight excluding hydrogens is 442 g/mol. The first-order valence-electron chi connectivity index (χ1n) is 11.8. The maximum Gasteiger partial charge on any atom is 0.292 e. The summed E-state index contributed by atoms with van der Waals surface area (Å²) in [6.07, 6.45) is 4.57. The molecule has 1 aromatic carbocycles. The molecule has 3 aliphatic rings. The van der Waals surface area contributed by atoms with E-state index in [9.17, 15) is 9.59 Å². The Bertz CT molecular complexity index is 1040. The zero-order valence-corrected chi connectivity index (χ0v) is 19.7. The smallest absolute Gasteiger partial charge is 0.292 e. The van der Waals surface area contributed by atoms with Crippen molar-refractivity contribution in [2.75, 3.05) is 26.2 Å². The molecule has 2 saturated heterocycles. The number of hydrogen-bond acceptors (Lipinski definition) is 5. The zero-order chi connectivity index (χ0) is 23.0. The quantitative estimate of drug-likeness (QED) is 0.634. The number of carbonyl (C=O) groups excluding carboxylic acids is 2. The first kappa shape index (κ1) is 22.4. The summed E-state index contributed by atoms with van der Waals surface area (Å²) < 4.78 is 11.5. The van der Waals surface area contributed by atoms with Crippen LogP contribution in [0.15, 0.2) is 34.9 Å². The predicted molar refractivity (Wildman–Crippen MR) is 123 cm³/mol. The molecular formula is C25H30ClN3O4. The van der Waals surface area contributed by atoms with Crippen molar-refractivity contribution in [3.63, 3.8) is 0 Å². The fourth-order valence-corrected chi connectivity index (χ4v) is 5.39. The molecule has 2 aliphatic heterocycles. The van der Waals surface area contributed by atoms with E-state index in [-0.39, 0.29) is 23.7 Å². The lowest BCUT2D eigenvalue weighted by Gasteiger charge is -2.49. The van der Waals surface area contributed by atoms with Gasteiger partial charge in [-0.15, -0.1) is 0 Å². The number of amides is 2. The third-order valence-corrected chi connectivity index (χ3v) is 7.25. The minimum atomic E-state index is -0.645. The van der Waals surface area contributed by atoms with E-state index < -0.39 is 5.41 Å². The number of likely N-dealkylation sites (tertiary alicyclic amines) is 2. The molecule has 5 rings (SSSR count). The Morgan fingerprint density at radius 1 is 1.33 bits per heavy atom. The fourth-order valence-electron chi connectivity index (χ4n) is 5.18. The van der Waals surface area contributed by atoms with Gasteiger partial charge in [0.1, 0.15) is 0 Å². The van der Waals surface area contributed by atoms with Crippen molar-refractivity contribution < 1.29 is 18.8 Å². The van der Waals surface area contributed by atoms with Crippen molar-refractivity contribution in [3.8, 4) is 0 Å². The molecule has 2 atom stereocenters. The van der Waals surface area contributed by atoms with Gasteiger partial charge in [0.2, 0.25) is 11.7 Å². The van der Waals surface area contributed by atoms with Gasteiger partial charge in [0.15, 0.2) is 0 Å². The van der Waals surface area contributed by atoms with Crippen LogP contribution in [-0.4, -0.2) is 59.1 Å². The molecule has 2 aromatic rings. The van der Waals surface area contributed by atoms with Crippen LogP contribution in [0.4, 0.5) is 0 Å². The van der Waals surface area contributed by atoms with E-state index in [1.165, 1.54) is 12.8 Å². The van der Waals surface area contributed by atoms with Gasteiger partial charge in [-0.25, -0.2) is 0 Å². The second-order valence-corrected chi connectivity index (χ2v) is 10.3. The van der Waals surface area contributed by atoms with Gasteiger partial charge < -0.3 is 19.1 Å². The van der Waals surface area contributed by atoms with Gasteiger partial charge >= 0.3 is 0 Å². The molecule has 2 amide bonds. The lowest BCUT2D eigenvalue weighted by molar-refractivity contribution is -0.160. The Labute approximate surface area is 199 Å². The maximum atomic E-state index is 13.9. The fraction of sp³-hybridized carbons (Fsp3) is 0.560. The number of aromatic nitrogens is 1. The highest BCUT2D eigenvalue weighted by atomic mass is 35.5. The predicted octanol–water partition coefficient (Wildman–Crippen LogP) is 4.09. The molecule has 0 bridgehead atoms. The van der Waals surface area contributed by atoms with Crippen LogP contribution in [0.25, 0.3) is 0 Å². The molecule has 33 heavy (non-hydrogen) atoms. The van der Waals surface area contributed by atoms with Crippen molar-refractivity contribution in [1.29, 1.82) is 0 Å². The van der Waals surface area contributed by atoms with Crippen LogP contribution in [0.2, 0.25) is 5.02 Å². The highest BCUT2D eigenvalue weighted by molar-refractivity contribution is 6.30. The zero-order valence-electron chi connectivity index (χ0n) is 19.0. The van der Waals surface area contributed by atoms with Gasteiger partial charge in [0.05, 0.1) is 17.2 Å². The highest BCUT2D eigenvalue weighted by Crippen LogP contribution is 2.42. The average Bonchev–Trinajstić information content (AvgIpc) is 3.53. The number of piperidine rings is 2. The van der Waals surface area contributed by atoms with Crippen LogP contribution in [0.5, 0.6) is 0 Å². The van der Waals surface area contributed by atoms with Crippen molar-refractivity contribution in [1.82, 2.24) is 15.0 Å². The summed E-state index contributed by atoms with van der Waals surface area (Å²) in [6.45, 7) is 4.57. The average molecular weight is 472 g/mol. The third-order valence-electron chi connectivity index (χ3n) is 7.01. The van der Waals surface area contributed by atoms with Crippen LogP contribution < -0.4 is 0 Å². The Balaban J connectivity index is 1.37. The second kappa shape index (κ2) is 9.11. The van der Waals surface area contributed by atoms with E-state index in [0.717, 1.165) is 25.0 Å². The molecule has 1 spiro atoms. The monoisotopic (exact) mass is 471 g/mol. The Hall–Kier alpha value is -2.38. The van der Waals surface area contributed by atoms with Gasteiger partial charge in [-0.1, -0.05) is 28.9 Å². The number of nitrogens with zero attached hydrogens (tertiary/aromatic N) is 3. The normalized spacial score (nSPS) is 25.6. The third kappa shape index (κ3) is 4.94. The van der Waals surface area contributed by atoms with E-state index in [1.54, 1.807) is 17.9 Å². The molecule has 0 radical (unpaired) electrons. The maximum absolute atomic E-state index is 13.9. The van der Waals surface area contributed by atoms with Crippen molar-refractivity contribution in [2.24, 2.45) is 11.3 Å². The molecule has 7 nitrogen and oxygen atoms in total. The molecule has 1 saturated carbocycles. The van der Waals surface area contributed by atoms with E-state index in [0.29, 0.717) is 49.2 Å². The van der Waals surface area contributed by atoms with Crippen LogP contribution in [-0.2, 0) is 16.1 Å². The van der Waals surface area contributed by atoms with Crippen molar-refractivity contribution >= 4 is 23.4 Å². The Kier molecular flexibility index (Phi) is 6.18. The Morgan fingerprint density at radius 3 is 2.91 bits per heavy atom. The van der Waals surface area contributed by atoms with Crippen molar-refractivity contribution in [2.45, 2.75) is 51.7 Å². The molecule has 3 fully saturated rings. The number of carbonyl (C=O) groups is 2. The number of hydrogen-bond donors (Lipinski definition) is 0. The molecule has 0 unspecified atom stereocenters. The topological polar surface area (TPSA) is 75.9 Å². The number of rotatable bonds is 6. The van der Waals surface area contributed by atoms with E-state index in [1.807, 2.05) is 29.2 Å². The van der Waals surface area contributed by atoms with Crippen LogP contribution >= 0.6 is 11.6 Å². The lowest BCUT2D eigenvalue weighted by atomic mass is 9.72. The number of halogens is 1. The standard InChI is InChI=1S/C25H30ClN3O4/c1-17-10-22(33-27-17)23(30)28-9-3-8-25(16-28)12-21(32-15-18-6-7-18)14-29(24(25)31)13-19-4-2-5-20(26)11-19/h2,4-5,10-11,18,21H,3,6-9,12-16H2,1H3/t21-,25-/m0/s1. The minimum Gasteiger partial charge on any atom is -0.376 e. The summed E-state index contributed by atoms with van der Waals surface area (Å²) in [7, 11) is 0. The lowest BCUT2D eigenvalue weighted by Crippen LogP contribution is -2.60. The van der Waals surface area contributed by atoms with E-state index >= 15 is 0 Å². The summed E-state index contributed by atoms with van der Waals surface area (Å²) >= 11 is 6.19. The van der Waals surface area contributed by atoms with E-state index in [2.05, 4.69) is 5.16 Å². The van der Waals surface area contributed by atoms with Gasteiger partial charge in [0, 0.05) is 43.9 Å². The first-order valence-corrected chi connectivity index (χ1v) is 12.2. The number of aryl methyl sites for hydroxylation is 1. The molecule has 8 heteroatoms.